The molecular formula is C19H20N4O4S. The van der Waals surface area contributed by atoms with Crippen LogP contribution in [0.15, 0.2) is 48.7 Å². The van der Waals surface area contributed by atoms with E-state index in [2.05, 4.69) is 9.88 Å². The molecule has 9 heteroatoms. The van der Waals surface area contributed by atoms with Crippen molar-refractivity contribution < 1.29 is 18.0 Å². The van der Waals surface area contributed by atoms with Gasteiger partial charge in [-0.3, -0.25) is 9.59 Å². The van der Waals surface area contributed by atoms with Crippen LogP contribution in [0.25, 0.3) is 0 Å². The lowest BCUT2D eigenvalue weighted by Crippen LogP contribution is -2.49. The minimum Gasteiger partial charge on any atom is -0.353 e. The highest BCUT2D eigenvalue weighted by molar-refractivity contribution is 7.94. The average molecular weight is 400 g/mol. The second-order valence-electron chi connectivity index (χ2n) is 6.74. The molecule has 1 aromatic carbocycles. The molecule has 0 bridgehead atoms. The molecule has 2 aliphatic heterocycles. The maximum atomic E-state index is 12.9. The number of hydrogen-bond donors (Lipinski definition) is 0. The van der Waals surface area contributed by atoms with Gasteiger partial charge in [0.25, 0.3) is 5.91 Å². The molecule has 3 heterocycles. The molecule has 2 aromatic rings. The smallest absolute Gasteiger partial charge is 0.254 e. The average Bonchev–Trinajstić information content (AvgIpc) is 3.00. The summed E-state index contributed by atoms with van der Waals surface area (Å²) in [6.45, 7) is 2.42. The molecule has 0 radical (unpaired) electrons. The van der Waals surface area contributed by atoms with Crippen molar-refractivity contribution >= 4 is 33.3 Å². The third kappa shape index (κ3) is 3.45. The summed E-state index contributed by atoms with van der Waals surface area (Å²) in [5.41, 5.74) is 0.596. The van der Waals surface area contributed by atoms with Gasteiger partial charge in [-0.05, 0) is 30.3 Å². The molecule has 0 unspecified atom stereocenters. The number of carbonyl (C=O) groups excluding carboxylic acids is 2. The van der Waals surface area contributed by atoms with Crippen LogP contribution >= 0.6 is 0 Å². The molecule has 2 aliphatic rings. The van der Waals surface area contributed by atoms with Crippen LogP contribution in [0.3, 0.4) is 0 Å². The number of rotatable bonds is 3. The number of sulfonamides is 1. The molecule has 0 aliphatic carbocycles. The zero-order valence-corrected chi connectivity index (χ0v) is 16.0. The van der Waals surface area contributed by atoms with Gasteiger partial charge in [0, 0.05) is 44.4 Å². The Hall–Kier alpha value is -2.94. The summed E-state index contributed by atoms with van der Waals surface area (Å²) in [6, 6.07) is 12.0. The number of hydrogen-bond acceptors (Lipinski definition) is 6. The first kappa shape index (κ1) is 18.4. The molecule has 0 N–H and O–H groups in total. The monoisotopic (exact) mass is 400 g/mol. The molecule has 28 heavy (non-hydrogen) atoms. The normalized spacial score (nSPS) is 19.1. The minimum absolute atomic E-state index is 0.0318. The van der Waals surface area contributed by atoms with Crippen molar-refractivity contribution in [2.75, 3.05) is 41.1 Å². The lowest BCUT2D eigenvalue weighted by atomic mass is 10.1. The van der Waals surface area contributed by atoms with Crippen LogP contribution in [-0.4, -0.2) is 62.0 Å². The van der Waals surface area contributed by atoms with Crippen LogP contribution in [0.4, 0.5) is 11.5 Å². The van der Waals surface area contributed by atoms with Crippen molar-refractivity contribution in [3.8, 4) is 0 Å². The Bertz CT molecular complexity index is 1000. The van der Waals surface area contributed by atoms with Crippen LogP contribution in [0.1, 0.15) is 16.8 Å². The summed E-state index contributed by atoms with van der Waals surface area (Å²) in [5.74, 6) is 0.0499. The quantitative estimate of drug-likeness (QED) is 0.767. The second-order valence-corrected chi connectivity index (χ2v) is 8.68. The number of pyridine rings is 1. The van der Waals surface area contributed by atoms with Crippen molar-refractivity contribution in [2.45, 2.75) is 6.42 Å². The molecule has 0 saturated carbocycles. The van der Waals surface area contributed by atoms with Gasteiger partial charge in [0.2, 0.25) is 15.9 Å². The molecule has 2 amide bonds. The lowest BCUT2D eigenvalue weighted by molar-refractivity contribution is -0.116. The predicted octanol–water partition coefficient (Wildman–Crippen LogP) is 1.11. The molecule has 8 nitrogen and oxygen atoms in total. The van der Waals surface area contributed by atoms with E-state index in [1.807, 2.05) is 18.2 Å². The maximum Gasteiger partial charge on any atom is 0.254 e. The van der Waals surface area contributed by atoms with E-state index in [1.165, 1.54) is 12.1 Å². The van der Waals surface area contributed by atoms with Gasteiger partial charge in [-0.25, -0.2) is 17.7 Å². The number of aromatic nitrogens is 1. The fraction of sp³-hybridized carbons (Fsp3) is 0.316. The summed E-state index contributed by atoms with van der Waals surface area (Å²) < 4.78 is 25.1. The molecular weight excluding hydrogens is 380 g/mol. The Morgan fingerprint density at radius 2 is 1.79 bits per heavy atom. The van der Waals surface area contributed by atoms with E-state index in [4.69, 9.17) is 0 Å². The van der Waals surface area contributed by atoms with Gasteiger partial charge >= 0.3 is 0 Å². The highest BCUT2D eigenvalue weighted by atomic mass is 32.2. The number of anilines is 2. The number of nitrogens with zero attached hydrogens (tertiary/aromatic N) is 4. The SMILES string of the molecule is O=C(c1cccc(N2C(=O)CCS2(=O)=O)c1)N1CCN(c2ccccn2)CC1. The van der Waals surface area contributed by atoms with E-state index in [0.717, 1.165) is 10.1 Å². The Labute approximate surface area is 163 Å². The maximum absolute atomic E-state index is 12.9. The van der Waals surface area contributed by atoms with Crippen molar-refractivity contribution in [2.24, 2.45) is 0 Å². The van der Waals surface area contributed by atoms with Gasteiger partial charge in [0.05, 0.1) is 11.4 Å². The number of amides is 2. The van der Waals surface area contributed by atoms with E-state index < -0.39 is 15.9 Å². The van der Waals surface area contributed by atoms with E-state index in [9.17, 15) is 18.0 Å². The largest absolute Gasteiger partial charge is 0.353 e. The van der Waals surface area contributed by atoms with E-state index in [1.54, 1.807) is 23.2 Å². The fourth-order valence-corrected chi connectivity index (χ4v) is 4.95. The molecule has 0 atom stereocenters. The Morgan fingerprint density at radius 1 is 1.00 bits per heavy atom. The predicted molar refractivity (Wildman–Crippen MR) is 105 cm³/mol. The Morgan fingerprint density at radius 3 is 2.43 bits per heavy atom. The van der Waals surface area contributed by atoms with Crippen molar-refractivity contribution in [3.63, 3.8) is 0 Å². The molecule has 2 fully saturated rings. The summed E-state index contributed by atoms with van der Waals surface area (Å²) >= 11 is 0. The van der Waals surface area contributed by atoms with Crippen LogP contribution in [0.2, 0.25) is 0 Å². The number of piperazine rings is 1. The van der Waals surface area contributed by atoms with E-state index >= 15 is 0 Å². The molecule has 0 spiro atoms. The first-order valence-corrected chi connectivity index (χ1v) is 10.7. The van der Waals surface area contributed by atoms with Gasteiger partial charge in [-0.15, -0.1) is 0 Å². The van der Waals surface area contributed by atoms with Gasteiger partial charge < -0.3 is 9.80 Å². The van der Waals surface area contributed by atoms with Gasteiger partial charge in [-0.1, -0.05) is 12.1 Å². The van der Waals surface area contributed by atoms with Gasteiger partial charge in [0.1, 0.15) is 5.82 Å². The van der Waals surface area contributed by atoms with Gasteiger partial charge in [0.15, 0.2) is 0 Å². The molecule has 1 aromatic heterocycles. The van der Waals surface area contributed by atoms with E-state index in [0.29, 0.717) is 31.7 Å². The number of benzene rings is 1. The van der Waals surface area contributed by atoms with Crippen molar-refractivity contribution in [3.05, 3.63) is 54.2 Å². The zero-order valence-electron chi connectivity index (χ0n) is 15.2. The first-order valence-electron chi connectivity index (χ1n) is 9.07. The van der Waals surface area contributed by atoms with Crippen LogP contribution < -0.4 is 9.21 Å². The standard InChI is InChI=1S/C19H20N4O4S/c24-18-7-13-28(26,27)23(18)16-5-3-4-15(14-16)19(25)22-11-9-21(10-12-22)17-6-1-2-8-20-17/h1-6,8,14H,7,9-13H2. The third-order valence-corrected chi connectivity index (χ3v) is 6.64. The number of carbonyl (C=O) groups is 2. The second kappa shape index (κ2) is 7.23. The Balaban J connectivity index is 1.48. The summed E-state index contributed by atoms with van der Waals surface area (Å²) in [7, 11) is -3.65. The highest BCUT2D eigenvalue weighted by Crippen LogP contribution is 2.26. The molecule has 2 saturated heterocycles. The fourth-order valence-electron chi connectivity index (χ4n) is 3.50. The molecule has 4 rings (SSSR count). The van der Waals surface area contributed by atoms with Crippen LogP contribution in [-0.2, 0) is 14.8 Å². The van der Waals surface area contributed by atoms with Crippen molar-refractivity contribution in [1.29, 1.82) is 0 Å². The summed E-state index contributed by atoms with van der Waals surface area (Å²) in [5, 5.41) is 0. The highest BCUT2D eigenvalue weighted by Gasteiger charge is 2.36. The summed E-state index contributed by atoms with van der Waals surface area (Å²) in [4.78, 5) is 33.1. The molecule has 146 valence electrons. The topological polar surface area (TPSA) is 90.9 Å². The van der Waals surface area contributed by atoms with Crippen LogP contribution in [0, 0.1) is 0 Å². The van der Waals surface area contributed by atoms with Crippen LogP contribution in [0.5, 0.6) is 0 Å². The third-order valence-electron chi connectivity index (χ3n) is 4.95. The lowest BCUT2D eigenvalue weighted by Gasteiger charge is -2.35. The van der Waals surface area contributed by atoms with E-state index in [-0.39, 0.29) is 23.8 Å². The first-order chi connectivity index (χ1) is 13.5. The van der Waals surface area contributed by atoms with Gasteiger partial charge in [-0.2, -0.15) is 0 Å². The Kier molecular flexibility index (Phi) is 4.76. The van der Waals surface area contributed by atoms with Crippen molar-refractivity contribution in [1.82, 2.24) is 9.88 Å². The summed E-state index contributed by atoms with van der Waals surface area (Å²) in [6.07, 6.45) is 1.71. The zero-order chi connectivity index (χ0) is 19.7. The minimum atomic E-state index is -3.65.